The molecule has 2 heteroatoms. The molecule has 0 aliphatic rings. The van der Waals surface area contributed by atoms with Crippen molar-refractivity contribution < 1.29 is 0 Å². The quantitative estimate of drug-likeness (QED) is 0.470. The molecule has 1 aromatic carbocycles. The maximum atomic E-state index is 6.63. The predicted octanol–water partition coefficient (Wildman–Crippen LogP) is 1.71. The first-order valence-corrected chi connectivity index (χ1v) is 3.00. The number of nitrogens with zero attached hydrogens (tertiary/aromatic N) is 1. The Bertz CT molecular complexity index is 226. The van der Waals surface area contributed by atoms with Crippen molar-refractivity contribution in [1.29, 1.82) is 5.41 Å². The molecule has 0 atom stereocenters. The smallest absolute Gasteiger partial charge is 0.106 e. The lowest BCUT2D eigenvalue weighted by Gasteiger charge is -1.86. The summed E-state index contributed by atoms with van der Waals surface area (Å²) in [6, 6.07) is 9.69. The third-order valence-electron chi connectivity index (χ3n) is 1.10. The molecular weight excluding hydrogens is 124 g/mol. The van der Waals surface area contributed by atoms with Crippen LogP contribution in [0.25, 0.3) is 0 Å². The molecule has 1 aromatic rings. The van der Waals surface area contributed by atoms with E-state index in [9.17, 15) is 0 Å². The van der Waals surface area contributed by atoms with Crippen LogP contribution in [0, 0.1) is 5.41 Å². The molecular formula is C8H8N2. The van der Waals surface area contributed by atoms with Gasteiger partial charge in [0.25, 0.3) is 0 Å². The minimum absolute atomic E-state index is 1.02. The second-order valence-corrected chi connectivity index (χ2v) is 1.82. The summed E-state index contributed by atoms with van der Waals surface area (Å²) in [4.78, 5) is 3.66. The van der Waals surface area contributed by atoms with Gasteiger partial charge < -0.3 is 0 Å². The maximum absolute atomic E-state index is 6.63. The zero-order valence-corrected chi connectivity index (χ0v) is 5.49. The first-order valence-electron chi connectivity index (χ1n) is 3.00. The lowest BCUT2D eigenvalue weighted by Crippen LogP contribution is -1.77. The minimum atomic E-state index is 1.02. The van der Waals surface area contributed by atoms with Gasteiger partial charge in [0.2, 0.25) is 0 Å². The van der Waals surface area contributed by atoms with Crippen molar-refractivity contribution in [3.8, 4) is 0 Å². The lowest BCUT2D eigenvalue weighted by molar-refractivity contribution is 1.52. The molecule has 0 amide bonds. The molecule has 50 valence electrons. The van der Waals surface area contributed by atoms with Crippen molar-refractivity contribution in [3.05, 3.63) is 35.9 Å². The number of nitrogens with one attached hydrogen (secondary N) is 1. The summed E-state index contributed by atoms with van der Waals surface area (Å²) >= 11 is 0. The highest BCUT2D eigenvalue weighted by molar-refractivity contribution is 5.84. The van der Waals surface area contributed by atoms with E-state index in [2.05, 4.69) is 4.99 Å². The fraction of sp³-hybridized carbons (Fsp3) is 0. The fourth-order valence-corrected chi connectivity index (χ4v) is 0.662. The largest absolute Gasteiger partial charge is 0.290 e. The maximum Gasteiger partial charge on any atom is 0.106 e. The lowest BCUT2D eigenvalue weighted by atomic mass is 10.2. The standard InChI is InChI=1S/C8H8N2/c9-7-10-6-8-4-2-1-3-5-8/h1-7,9H/b9-7?,10-6+. The molecule has 0 saturated carbocycles. The average molecular weight is 132 g/mol. The van der Waals surface area contributed by atoms with Crippen molar-refractivity contribution in [1.82, 2.24) is 0 Å². The second kappa shape index (κ2) is 3.56. The molecule has 0 heterocycles. The molecule has 1 N–H and O–H groups in total. The van der Waals surface area contributed by atoms with Gasteiger partial charge in [-0.05, 0) is 5.56 Å². The predicted molar refractivity (Wildman–Crippen MR) is 42.8 cm³/mol. The van der Waals surface area contributed by atoms with E-state index >= 15 is 0 Å². The van der Waals surface area contributed by atoms with Crippen molar-refractivity contribution >= 4 is 12.6 Å². The molecule has 0 aliphatic carbocycles. The van der Waals surface area contributed by atoms with Crippen LogP contribution in [0.5, 0.6) is 0 Å². The average Bonchev–Trinajstić information content (AvgIpc) is 2.03. The molecule has 10 heavy (non-hydrogen) atoms. The molecule has 0 spiro atoms. The van der Waals surface area contributed by atoms with Crippen LogP contribution in [-0.2, 0) is 0 Å². The van der Waals surface area contributed by atoms with Crippen LogP contribution in [-0.4, -0.2) is 12.6 Å². The highest BCUT2D eigenvalue weighted by Gasteiger charge is 1.79. The Hall–Kier alpha value is -1.44. The third kappa shape index (κ3) is 1.82. The van der Waals surface area contributed by atoms with Crippen LogP contribution < -0.4 is 0 Å². The molecule has 0 unspecified atom stereocenters. The summed E-state index contributed by atoms with van der Waals surface area (Å²) in [5, 5.41) is 6.63. The zero-order valence-electron chi connectivity index (χ0n) is 5.49. The number of aliphatic imine (C=N–C) groups is 1. The molecule has 0 aromatic heterocycles. The highest BCUT2D eigenvalue weighted by Crippen LogP contribution is 1.92. The fourth-order valence-electron chi connectivity index (χ4n) is 0.662. The molecule has 0 saturated heterocycles. The second-order valence-electron chi connectivity index (χ2n) is 1.82. The molecule has 1 rings (SSSR count). The Labute approximate surface area is 59.7 Å². The minimum Gasteiger partial charge on any atom is -0.290 e. The van der Waals surface area contributed by atoms with E-state index in [0.29, 0.717) is 0 Å². The van der Waals surface area contributed by atoms with Gasteiger partial charge in [-0.2, -0.15) is 0 Å². The molecule has 0 radical (unpaired) electrons. The number of benzene rings is 1. The molecule has 0 aliphatic heterocycles. The topological polar surface area (TPSA) is 36.2 Å². The van der Waals surface area contributed by atoms with Crippen LogP contribution >= 0.6 is 0 Å². The van der Waals surface area contributed by atoms with Crippen LogP contribution in [0.4, 0.5) is 0 Å². The van der Waals surface area contributed by atoms with Gasteiger partial charge in [-0.15, -0.1) is 0 Å². The highest BCUT2D eigenvalue weighted by atomic mass is 14.7. The number of hydrogen-bond donors (Lipinski definition) is 1. The van der Waals surface area contributed by atoms with Crippen LogP contribution in [0.1, 0.15) is 5.56 Å². The Morgan fingerprint density at radius 1 is 1.20 bits per heavy atom. The molecule has 0 fully saturated rings. The Morgan fingerprint density at radius 3 is 2.50 bits per heavy atom. The zero-order chi connectivity index (χ0) is 7.23. The monoisotopic (exact) mass is 132 g/mol. The first kappa shape index (κ1) is 6.68. The van der Waals surface area contributed by atoms with Gasteiger partial charge >= 0.3 is 0 Å². The van der Waals surface area contributed by atoms with Gasteiger partial charge in [0, 0.05) is 6.21 Å². The molecule has 2 nitrogen and oxygen atoms in total. The van der Waals surface area contributed by atoms with E-state index in [0.717, 1.165) is 11.9 Å². The van der Waals surface area contributed by atoms with Gasteiger partial charge in [0.1, 0.15) is 6.34 Å². The summed E-state index contributed by atoms with van der Waals surface area (Å²) in [6.07, 6.45) is 2.67. The van der Waals surface area contributed by atoms with Crippen molar-refractivity contribution in [2.24, 2.45) is 4.99 Å². The van der Waals surface area contributed by atoms with Gasteiger partial charge in [-0.1, -0.05) is 30.3 Å². The van der Waals surface area contributed by atoms with Crippen LogP contribution in [0.15, 0.2) is 35.3 Å². The Kier molecular flexibility index (Phi) is 2.38. The van der Waals surface area contributed by atoms with Gasteiger partial charge in [-0.3, -0.25) is 5.41 Å². The number of rotatable bonds is 2. The summed E-state index contributed by atoms with van der Waals surface area (Å²) in [7, 11) is 0. The Morgan fingerprint density at radius 2 is 1.90 bits per heavy atom. The number of hydrogen-bond acceptors (Lipinski definition) is 1. The van der Waals surface area contributed by atoms with Gasteiger partial charge in [0.05, 0.1) is 0 Å². The van der Waals surface area contributed by atoms with E-state index in [-0.39, 0.29) is 0 Å². The van der Waals surface area contributed by atoms with E-state index < -0.39 is 0 Å². The first-order chi connectivity index (χ1) is 4.93. The summed E-state index contributed by atoms with van der Waals surface area (Å²) < 4.78 is 0. The normalized spacial score (nSPS) is 10.0. The Balaban J connectivity index is 2.76. The van der Waals surface area contributed by atoms with Crippen LogP contribution in [0.2, 0.25) is 0 Å². The summed E-state index contributed by atoms with van der Waals surface area (Å²) in [5.41, 5.74) is 1.02. The van der Waals surface area contributed by atoms with Crippen molar-refractivity contribution in [2.45, 2.75) is 0 Å². The van der Waals surface area contributed by atoms with Gasteiger partial charge in [-0.25, -0.2) is 4.99 Å². The van der Waals surface area contributed by atoms with E-state index in [4.69, 9.17) is 5.41 Å². The summed E-state index contributed by atoms with van der Waals surface area (Å²) in [5.74, 6) is 0. The third-order valence-corrected chi connectivity index (χ3v) is 1.10. The van der Waals surface area contributed by atoms with Crippen molar-refractivity contribution in [2.75, 3.05) is 0 Å². The molecule has 0 bridgehead atoms. The van der Waals surface area contributed by atoms with E-state index in [1.165, 1.54) is 0 Å². The van der Waals surface area contributed by atoms with E-state index in [1.807, 2.05) is 30.3 Å². The SMILES string of the molecule is N=C/N=C/c1ccccc1. The van der Waals surface area contributed by atoms with Crippen molar-refractivity contribution in [3.63, 3.8) is 0 Å². The van der Waals surface area contributed by atoms with E-state index in [1.54, 1.807) is 6.21 Å². The van der Waals surface area contributed by atoms with Gasteiger partial charge in [0.15, 0.2) is 0 Å². The summed E-state index contributed by atoms with van der Waals surface area (Å²) in [6.45, 7) is 0. The van der Waals surface area contributed by atoms with Crippen LogP contribution in [0.3, 0.4) is 0 Å².